The number of benzene rings is 4. The summed E-state index contributed by atoms with van der Waals surface area (Å²) in [6.45, 7) is 8.64. The maximum Gasteiger partial charge on any atom is 0.340 e. The summed E-state index contributed by atoms with van der Waals surface area (Å²) >= 11 is 0. The second-order valence-corrected chi connectivity index (χ2v) is 25.3. The molecule has 5 aliphatic heterocycles. The molecule has 5 heterocycles. The van der Waals surface area contributed by atoms with E-state index in [0.717, 1.165) is 129 Å². The molecule has 11 atom stereocenters. The quantitative estimate of drug-likeness (QED) is 0.0444. The number of hydrogen-bond donors (Lipinski definition) is 8. The molecule has 1 spiro atoms. The standard InChI is InChI=1S/C69H85N5O7/c1-4-26-71-41-47-31-44-20-27-72-40-46-11-8-12-48(33-46)53-14-13-52(77)37-57(53)61-54-18-25-69(59(81-67(79)64(61)69)35-45(22-29-75)30-43-9-6-5-7-10-43)63-55(54)15-16-56-58(80-66(78)62(56)63)19-24-68(51-21-28-73-60(36-51)70-3)23-17-49(38-68)65(50(32-44)34-47)74-39-42(2)76/h5-14,19,31-35,37,42,45,49,51,54-55,60,63,65,70-77H,4,15-18,20-30,36,38-41H2,1-3H3. The van der Waals surface area contributed by atoms with Gasteiger partial charge in [0.2, 0.25) is 0 Å². The zero-order chi connectivity index (χ0) is 55.8. The zero-order valence-corrected chi connectivity index (χ0v) is 47.8. The number of ether oxygens (including phenoxy) is 2. The fourth-order valence-corrected chi connectivity index (χ4v) is 16.8. The third-order valence-electron chi connectivity index (χ3n) is 20.3. The summed E-state index contributed by atoms with van der Waals surface area (Å²) in [6, 6.07) is 31.7. The Morgan fingerprint density at radius 3 is 2.57 bits per heavy atom. The van der Waals surface area contributed by atoms with Gasteiger partial charge in [-0.3, -0.25) is 0 Å². The minimum Gasteiger partial charge on any atom is -0.508 e. The van der Waals surface area contributed by atoms with Gasteiger partial charge in [-0.2, -0.15) is 0 Å². The van der Waals surface area contributed by atoms with Gasteiger partial charge >= 0.3 is 11.9 Å². The Bertz CT molecular complexity index is 3130. The van der Waals surface area contributed by atoms with Crippen molar-refractivity contribution in [2.75, 3.05) is 39.8 Å². The summed E-state index contributed by atoms with van der Waals surface area (Å²) in [5.41, 5.74) is 11.0. The number of fused-ring (bicyclic) bond motifs is 5. The number of cyclic esters (lactones) is 1. The van der Waals surface area contributed by atoms with Crippen molar-refractivity contribution >= 4 is 17.5 Å². The van der Waals surface area contributed by atoms with E-state index in [2.05, 4.69) is 100 Å². The molecule has 4 aromatic rings. The lowest BCUT2D eigenvalue weighted by Crippen LogP contribution is -2.52. The molecule has 0 radical (unpaired) electrons. The van der Waals surface area contributed by atoms with Crippen molar-refractivity contribution in [2.45, 2.75) is 135 Å². The number of hydrogen-bond acceptors (Lipinski definition) is 12. The van der Waals surface area contributed by atoms with Crippen LogP contribution in [-0.4, -0.2) is 79.4 Å². The van der Waals surface area contributed by atoms with Gasteiger partial charge in [-0.05, 0) is 239 Å². The molecule has 2 saturated heterocycles. The van der Waals surface area contributed by atoms with Crippen molar-refractivity contribution < 1.29 is 34.4 Å². The van der Waals surface area contributed by atoms with Gasteiger partial charge in [-0.1, -0.05) is 79.7 Å². The molecule has 8 N–H and O–H groups in total. The molecule has 2 saturated carbocycles. The Kier molecular flexibility index (Phi) is 16.5. The summed E-state index contributed by atoms with van der Waals surface area (Å²) in [6.07, 6.45) is 16.0. The Morgan fingerprint density at radius 1 is 0.864 bits per heavy atom. The van der Waals surface area contributed by atoms with Gasteiger partial charge in [0.15, 0.2) is 0 Å². The van der Waals surface area contributed by atoms with E-state index in [1.165, 1.54) is 16.7 Å². The van der Waals surface area contributed by atoms with Crippen LogP contribution in [0.2, 0.25) is 0 Å². The molecule has 0 amide bonds. The van der Waals surface area contributed by atoms with Crippen LogP contribution in [-0.2, 0) is 45.0 Å². The van der Waals surface area contributed by atoms with E-state index in [-0.39, 0.29) is 59.6 Å². The number of piperidine rings is 1. The number of carbonyl (C=O) groups is 2. The normalized spacial score (nSPS) is 30.2. The van der Waals surface area contributed by atoms with Gasteiger partial charge in [-0.25, -0.2) is 9.59 Å². The molecule has 0 aromatic heterocycles. The number of phenolic OH excluding ortho intramolecular Hbond substituents is 1. The molecular weight excluding hydrogens is 1010 g/mol. The average molecular weight is 1100 g/mol. The number of aliphatic hydroxyl groups is 2. The van der Waals surface area contributed by atoms with Gasteiger partial charge in [0.25, 0.3) is 0 Å². The first-order valence-corrected chi connectivity index (χ1v) is 30.8. The predicted octanol–water partition coefficient (Wildman–Crippen LogP) is 10.2. The van der Waals surface area contributed by atoms with Gasteiger partial charge in [-0.15, -0.1) is 0 Å². The molecule has 14 rings (SSSR count). The first kappa shape index (κ1) is 55.8. The van der Waals surface area contributed by atoms with Gasteiger partial charge < -0.3 is 51.4 Å². The minimum atomic E-state index is -0.972. The highest BCUT2D eigenvalue weighted by Gasteiger charge is 2.68. The lowest BCUT2D eigenvalue weighted by atomic mass is 9.44. The number of rotatable bonds is 14. The van der Waals surface area contributed by atoms with Crippen LogP contribution in [0, 0.1) is 46.3 Å². The molecule has 12 nitrogen and oxygen atoms in total. The summed E-state index contributed by atoms with van der Waals surface area (Å²) in [5.74, 6) is 0.825. The first-order valence-electron chi connectivity index (χ1n) is 30.8. The van der Waals surface area contributed by atoms with Crippen LogP contribution < -0.4 is 26.6 Å². The predicted molar refractivity (Wildman–Crippen MR) is 317 cm³/mol. The molecule has 4 fully saturated rings. The third-order valence-corrected chi connectivity index (χ3v) is 20.3. The third kappa shape index (κ3) is 10.8. The van der Waals surface area contributed by atoms with Crippen LogP contribution in [0.5, 0.6) is 5.75 Å². The van der Waals surface area contributed by atoms with Crippen molar-refractivity contribution in [3.05, 3.63) is 165 Å². The van der Waals surface area contributed by atoms with E-state index in [1.54, 1.807) is 6.07 Å². The SMILES string of the molecule is CCCNCc1cc2cc(c1)C(NCC(C)O)C1CCC(C3CCNC(NC)C3)(CC=C3OC(=O)C4=C3CCC3C5CCC6(C(=CC(CCO)Cc7ccccc7)OC(=O)C6=C5c5cc(O)ccc5-c5cccc(c5)CNCC2)C43)C1. The number of phenols is 1. The number of allylic oxidation sites excluding steroid dienone is 5. The number of nitrogens with one attached hydrogen (secondary N) is 5. The van der Waals surface area contributed by atoms with Crippen molar-refractivity contribution in [3.8, 4) is 16.9 Å². The first-order chi connectivity index (χ1) is 39.5. The van der Waals surface area contributed by atoms with E-state index in [4.69, 9.17) is 9.47 Å². The van der Waals surface area contributed by atoms with Gasteiger partial charge in [0.05, 0.1) is 23.3 Å². The minimum absolute atomic E-state index is 0.00581. The number of carbonyl (C=O) groups excluding carboxylic acids is 2. The number of aromatic hydroxyl groups is 1. The van der Waals surface area contributed by atoms with Crippen LogP contribution in [0.4, 0.5) is 0 Å². The Labute approximate surface area is 479 Å². The smallest absolute Gasteiger partial charge is 0.340 e. The lowest BCUT2D eigenvalue weighted by Gasteiger charge is -2.56. The summed E-state index contributed by atoms with van der Waals surface area (Å²) in [4.78, 5) is 30.5. The van der Waals surface area contributed by atoms with E-state index < -0.39 is 17.5 Å². The van der Waals surface area contributed by atoms with Gasteiger partial charge in [0.1, 0.15) is 17.3 Å². The molecule has 10 aliphatic rings. The highest BCUT2D eigenvalue weighted by atomic mass is 16.6. The molecule has 12 heteroatoms. The largest absolute Gasteiger partial charge is 0.508 e. The van der Waals surface area contributed by atoms with Crippen molar-refractivity contribution in [1.29, 1.82) is 0 Å². The molecule has 11 unspecified atom stereocenters. The maximum atomic E-state index is 15.3. The summed E-state index contributed by atoms with van der Waals surface area (Å²) < 4.78 is 13.4. The van der Waals surface area contributed by atoms with Crippen LogP contribution in [0.15, 0.2) is 131 Å². The topological polar surface area (TPSA) is 173 Å². The lowest BCUT2D eigenvalue weighted by molar-refractivity contribution is -0.135. The zero-order valence-electron chi connectivity index (χ0n) is 47.8. The highest BCUT2D eigenvalue weighted by molar-refractivity contribution is 6.07. The average Bonchev–Trinajstić information content (AvgIpc) is 2.49. The van der Waals surface area contributed by atoms with E-state index >= 15 is 9.59 Å². The van der Waals surface area contributed by atoms with Gasteiger partial charge in [0, 0.05) is 49.3 Å². The fraction of sp³-hybridized carbons (Fsp3) is 0.507. The number of aliphatic hydroxyl groups excluding tert-OH is 2. The van der Waals surface area contributed by atoms with Crippen LogP contribution in [0.3, 0.4) is 0 Å². The fourth-order valence-electron chi connectivity index (χ4n) is 16.8. The molecule has 81 heavy (non-hydrogen) atoms. The van der Waals surface area contributed by atoms with Crippen molar-refractivity contribution in [3.63, 3.8) is 0 Å². The van der Waals surface area contributed by atoms with E-state index in [1.807, 2.05) is 44.3 Å². The highest BCUT2D eigenvalue weighted by Crippen LogP contribution is 2.72. The Balaban J connectivity index is 1.03. The summed E-state index contributed by atoms with van der Waals surface area (Å²) in [7, 11) is 2.05. The van der Waals surface area contributed by atoms with Crippen LogP contribution in [0.25, 0.3) is 16.7 Å². The Hall–Kier alpha value is -5.70. The van der Waals surface area contributed by atoms with Crippen LogP contribution >= 0.6 is 0 Å². The number of esters is 2. The second kappa shape index (κ2) is 23.9. The van der Waals surface area contributed by atoms with E-state index in [0.29, 0.717) is 73.3 Å². The second-order valence-electron chi connectivity index (χ2n) is 25.3. The molecule has 428 valence electrons. The molecule has 14 bridgehead atoms. The molecular formula is C69H85N5O7. The van der Waals surface area contributed by atoms with E-state index in [9.17, 15) is 15.3 Å². The van der Waals surface area contributed by atoms with Crippen LogP contribution in [0.1, 0.15) is 130 Å². The molecule has 4 aromatic carbocycles. The monoisotopic (exact) mass is 1100 g/mol. The van der Waals surface area contributed by atoms with Crippen molar-refractivity contribution in [1.82, 2.24) is 26.6 Å². The molecule has 5 aliphatic carbocycles. The summed E-state index contributed by atoms with van der Waals surface area (Å²) in [5, 5.41) is 51.6. The maximum absolute atomic E-state index is 15.3. The van der Waals surface area contributed by atoms with Crippen molar-refractivity contribution in [2.24, 2.45) is 46.3 Å². The Morgan fingerprint density at radius 2 is 1.74 bits per heavy atom.